The fourth-order valence-corrected chi connectivity index (χ4v) is 7.77. The molecular formula is C26H40O5. The Hall–Kier alpha value is -1.36. The van der Waals surface area contributed by atoms with Crippen molar-refractivity contribution in [3.8, 4) is 0 Å². The van der Waals surface area contributed by atoms with E-state index in [0.717, 1.165) is 19.3 Å². The molecule has 5 heteroatoms. The Bertz CT molecular complexity index is 728. The lowest BCUT2D eigenvalue weighted by Gasteiger charge is -2.41. The van der Waals surface area contributed by atoms with Crippen molar-refractivity contribution < 1.29 is 23.8 Å². The topological polar surface area (TPSA) is 65.1 Å². The van der Waals surface area contributed by atoms with Gasteiger partial charge in [0, 0.05) is 0 Å². The number of carbonyl (C=O) groups is 2. The van der Waals surface area contributed by atoms with Crippen LogP contribution in [0.25, 0.3) is 0 Å². The van der Waals surface area contributed by atoms with Crippen LogP contribution in [0.3, 0.4) is 0 Å². The minimum Gasteiger partial charge on any atom is -0.469 e. The fourth-order valence-electron chi connectivity index (χ4n) is 7.77. The van der Waals surface area contributed by atoms with Crippen LogP contribution in [0.15, 0.2) is 11.6 Å². The Morgan fingerprint density at radius 1 is 0.903 bits per heavy atom. The summed E-state index contributed by atoms with van der Waals surface area (Å²) in [4.78, 5) is 23.9. The van der Waals surface area contributed by atoms with Crippen molar-refractivity contribution in [3.63, 3.8) is 0 Å². The summed E-state index contributed by atoms with van der Waals surface area (Å²) in [7, 11) is 3.01. The standard InChI is InChI=1S/C13H20O3.C13H20O2/c1-12-9(16-12)5-8-13(6-3-4-7-13)10(12)11(14)15-2;1-10-6-5-9-13(7-3-4-8-13)11(10)12(14)15-2/h9-10H,3-8H2,1-2H3;6,11H,3-5,7-9H2,1-2H3. The molecule has 4 fully saturated rings. The van der Waals surface area contributed by atoms with Gasteiger partial charge in [-0.05, 0) is 76.0 Å². The van der Waals surface area contributed by atoms with E-state index in [1.807, 2.05) is 0 Å². The van der Waals surface area contributed by atoms with E-state index < -0.39 is 0 Å². The molecule has 2 spiro atoms. The Balaban J connectivity index is 0.000000150. The van der Waals surface area contributed by atoms with Crippen LogP contribution in [0.5, 0.6) is 0 Å². The fraction of sp³-hybridized carbons (Fsp3) is 0.846. The first-order valence-corrected chi connectivity index (χ1v) is 12.3. The van der Waals surface area contributed by atoms with E-state index in [4.69, 9.17) is 14.2 Å². The van der Waals surface area contributed by atoms with Gasteiger partial charge in [-0.1, -0.05) is 37.3 Å². The normalized spacial score (nSPS) is 36.8. The number of fused-ring (bicyclic) bond motifs is 1. The lowest BCUT2D eigenvalue weighted by molar-refractivity contribution is -0.155. The molecule has 3 saturated carbocycles. The first kappa shape index (κ1) is 22.8. The van der Waals surface area contributed by atoms with Crippen LogP contribution in [0.4, 0.5) is 0 Å². The van der Waals surface area contributed by atoms with Crippen LogP contribution in [0, 0.1) is 22.7 Å². The second-order valence-electron chi connectivity index (χ2n) is 10.9. The third kappa shape index (κ3) is 3.85. The van der Waals surface area contributed by atoms with Gasteiger partial charge in [0.1, 0.15) is 5.60 Å². The highest BCUT2D eigenvalue weighted by Gasteiger charge is 2.69. The van der Waals surface area contributed by atoms with Crippen LogP contribution < -0.4 is 0 Å². The Morgan fingerprint density at radius 3 is 2.06 bits per heavy atom. The zero-order valence-electron chi connectivity index (χ0n) is 19.8. The van der Waals surface area contributed by atoms with Crippen molar-refractivity contribution in [2.75, 3.05) is 14.2 Å². The lowest BCUT2D eigenvalue weighted by Crippen LogP contribution is -2.47. The van der Waals surface area contributed by atoms with Crippen LogP contribution in [-0.4, -0.2) is 37.9 Å². The predicted molar refractivity (Wildman–Crippen MR) is 118 cm³/mol. The van der Waals surface area contributed by atoms with E-state index in [1.54, 1.807) is 0 Å². The Labute approximate surface area is 187 Å². The van der Waals surface area contributed by atoms with Gasteiger partial charge in [-0.15, -0.1) is 0 Å². The maximum absolute atomic E-state index is 12.1. The monoisotopic (exact) mass is 432 g/mol. The second kappa shape index (κ2) is 8.53. The molecule has 5 rings (SSSR count). The number of epoxide rings is 1. The number of hydrogen-bond donors (Lipinski definition) is 0. The highest BCUT2D eigenvalue weighted by Crippen LogP contribution is 2.63. The number of rotatable bonds is 2. The molecule has 31 heavy (non-hydrogen) atoms. The molecule has 0 aromatic heterocycles. The zero-order valence-corrected chi connectivity index (χ0v) is 19.8. The molecule has 1 saturated heterocycles. The molecular weight excluding hydrogens is 392 g/mol. The first-order chi connectivity index (χ1) is 14.8. The number of carbonyl (C=O) groups excluding carboxylic acids is 2. The highest BCUT2D eigenvalue weighted by atomic mass is 16.6. The minimum atomic E-state index is -0.213. The number of hydrogen-bond acceptors (Lipinski definition) is 5. The molecule has 0 aromatic carbocycles. The Morgan fingerprint density at radius 2 is 1.48 bits per heavy atom. The van der Waals surface area contributed by atoms with E-state index >= 15 is 0 Å². The number of ether oxygens (including phenoxy) is 3. The Kier molecular flexibility index (Phi) is 6.28. The van der Waals surface area contributed by atoms with Crippen molar-refractivity contribution >= 4 is 11.9 Å². The van der Waals surface area contributed by atoms with E-state index in [1.165, 1.54) is 77.6 Å². The number of methoxy groups -OCH3 is 2. The minimum absolute atomic E-state index is 0.0220. The number of esters is 2. The van der Waals surface area contributed by atoms with Gasteiger partial charge in [0.2, 0.25) is 0 Å². The van der Waals surface area contributed by atoms with Gasteiger partial charge in [-0.25, -0.2) is 0 Å². The molecule has 174 valence electrons. The van der Waals surface area contributed by atoms with Gasteiger partial charge in [0.25, 0.3) is 0 Å². The van der Waals surface area contributed by atoms with Crippen molar-refractivity contribution in [1.29, 1.82) is 0 Å². The summed E-state index contributed by atoms with van der Waals surface area (Å²) < 4.78 is 15.8. The van der Waals surface area contributed by atoms with E-state index in [2.05, 4.69) is 19.9 Å². The second-order valence-corrected chi connectivity index (χ2v) is 10.9. The maximum Gasteiger partial charge on any atom is 0.313 e. The average molecular weight is 433 g/mol. The molecule has 5 nitrogen and oxygen atoms in total. The van der Waals surface area contributed by atoms with Gasteiger partial charge in [0.15, 0.2) is 0 Å². The molecule has 0 N–H and O–H groups in total. The molecule has 4 aliphatic carbocycles. The van der Waals surface area contributed by atoms with Crippen molar-refractivity contribution in [3.05, 3.63) is 11.6 Å². The smallest absolute Gasteiger partial charge is 0.313 e. The van der Waals surface area contributed by atoms with Crippen molar-refractivity contribution in [2.24, 2.45) is 22.7 Å². The van der Waals surface area contributed by atoms with Crippen LogP contribution >= 0.6 is 0 Å². The zero-order chi connectivity index (χ0) is 22.3. The molecule has 0 bridgehead atoms. The highest BCUT2D eigenvalue weighted by molar-refractivity contribution is 5.77. The largest absolute Gasteiger partial charge is 0.469 e. The average Bonchev–Trinajstić information content (AvgIpc) is 3.08. The van der Waals surface area contributed by atoms with Gasteiger partial charge in [0.05, 0.1) is 32.2 Å². The summed E-state index contributed by atoms with van der Waals surface area (Å²) in [5, 5.41) is 0. The number of allylic oxidation sites excluding steroid dienone is 1. The summed E-state index contributed by atoms with van der Waals surface area (Å²) >= 11 is 0. The molecule has 5 aliphatic rings. The molecule has 0 amide bonds. The summed E-state index contributed by atoms with van der Waals surface area (Å²) in [5.74, 6) is -0.0538. The third-order valence-corrected chi connectivity index (χ3v) is 9.32. The first-order valence-electron chi connectivity index (χ1n) is 12.3. The maximum atomic E-state index is 12.1. The van der Waals surface area contributed by atoms with Crippen LogP contribution in [0.2, 0.25) is 0 Å². The molecule has 4 atom stereocenters. The lowest BCUT2D eigenvalue weighted by atomic mass is 9.61. The molecule has 0 aromatic rings. The van der Waals surface area contributed by atoms with E-state index in [9.17, 15) is 9.59 Å². The molecule has 4 unspecified atom stereocenters. The van der Waals surface area contributed by atoms with Gasteiger partial charge in [-0.3, -0.25) is 9.59 Å². The third-order valence-electron chi connectivity index (χ3n) is 9.32. The molecule has 0 radical (unpaired) electrons. The van der Waals surface area contributed by atoms with Crippen LogP contribution in [-0.2, 0) is 23.8 Å². The van der Waals surface area contributed by atoms with E-state index in [0.29, 0.717) is 6.10 Å². The van der Waals surface area contributed by atoms with Gasteiger partial charge in [-0.2, -0.15) is 0 Å². The molecule has 1 heterocycles. The molecule has 1 aliphatic heterocycles. The summed E-state index contributed by atoms with van der Waals surface area (Å²) in [6.45, 7) is 4.18. The van der Waals surface area contributed by atoms with Crippen molar-refractivity contribution in [2.45, 2.75) is 103 Å². The summed E-state index contributed by atoms with van der Waals surface area (Å²) in [6.07, 6.45) is 16.9. The predicted octanol–water partition coefficient (Wildman–Crippen LogP) is 5.36. The van der Waals surface area contributed by atoms with E-state index in [-0.39, 0.29) is 40.2 Å². The van der Waals surface area contributed by atoms with Gasteiger partial charge >= 0.3 is 11.9 Å². The van der Waals surface area contributed by atoms with Crippen LogP contribution in [0.1, 0.15) is 90.9 Å². The SMILES string of the molecule is COC(=O)C1C(C)=CCCC12CCCC2.COC(=O)C1C2(CCCC2)CCC2OC21C. The summed E-state index contributed by atoms with van der Waals surface area (Å²) in [6, 6.07) is 0. The quantitative estimate of drug-likeness (QED) is 0.334. The van der Waals surface area contributed by atoms with Crippen molar-refractivity contribution in [1.82, 2.24) is 0 Å². The van der Waals surface area contributed by atoms with Gasteiger partial charge < -0.3 is 14.2 Å². The summed E-state index contributed by atoms with van der Waals surface area (Å²) in [5.41, 5.74) is 1.45.